The van der Waals surface area contributed by atoms with Crippen LogP contribution in [0.2, 0.25) is 5.02 Å². The van der Waals surface area contributed by atoms with Crippen LogP contribution in [0.5, 0.6) is 11.5 Å². The van der Waals surface area contributed by atoms with Crippen LogP contribution in [0.25, 0.3) is 0 Å². The number of hydrogen-bond acceptors (Lipinski definition) is 4. The van der Waals surface area contributed by atoms with E-state index in [-0.39, 0.29) is 12.2 Å². The van der Waals surface area contributed by atoms with E-state index in [1.165, 1.54) is 0 Å². The quantitative estimate of drug-likeness (QED) is 0.924. The molecule has 1 aliphatic rings. The van der Waals surface area contributed by atoms with Gasteiger partial charge in [0.25, 0.3) is 0 Å². The number of rotatable bonds is 4. The average Bonchev–Trinajstić information content (AvgIpc) is 2.61. The lowest BCUT2D eigenvalue weighted by Crippen LogP contribution is -2.19. The second kappa shape index (κ2) is 6.46. The van der Waals surface area contributed by atoms with Gasteiger partial charge in [0.15, 0.2) is 11.5 Å². The molecule has 0 saturated carbocycles. The molecule has 0 saturated heterocycles. The molecule has 0 spiro atoms. The minimum Gasteiger partial charge on any atom is -0.489 e. The fourth-order valence-electron chi connectivity index (χ4n) is 2.04. The molecule has 0 aliphatic carbocycles. The van der Waals surface area contributed by atoms with Gasteiger partial charge in [-0.1, -0.05) is 11.6 Å². The molecule has 1 aromatic rings. The highest BCUT2D eigenvalue weighted by molar-refractivity contribution is 6.32. The first-order chi connectivity index (χ1) is 9.11. The SMILES string of the molecule is CC(C)OC(CN)c1cc(Cl)c2c(c1)OCCCO2. The van der Waals surface area contributed by atoms with E-state index in [0.29, 0.717) is 36.3 Å². The van der Waals surface area contributed by atoms with E-state index in [1.807, 2.05) is 26.0 Å². The molecule has 0 radical (unpaired) electrons. The molecule has 0 bridgehead atoms. The third-order valence-electron chi connectivity index (χ3n) is 2.85. The normalized spacial score (nSPS) is 16.3. The molecular formula is C14H20ClNO3. The Morgan fingerprint density at radius 1 is 1.32 bits per heavy atom. The zero-order chi connectivity index (χ0) is 13.8. The molecule has 1 aromatic carbocycles. The lowest BCUT2D eigenvalue weighted by molar-refractivity contribution is 0.0118. The first-order valence-electron chi connectivity index (χ1n) is 6.56. The Kier molecular flexibility index (Phi) is 4.91. The molecule has 0 aromatic heterocycles. The minimum atomic E-state index is -0.186. The highest BCUT2D eigenvalue weighted by Crippen LogP contribution is 2.39. The van der Waals surface area contributed by atoms with Crippen LogP contribution in [0, 0.1) is 0 Å². The molecule has 1 heterocycles. The topological polar surface area (TPSA) is 53.7 Å². The van der Waals surface area contributed by atoms with Gasteiger partial charge in [-0.25, -0.2) is 0 Å². The highest BCUT2D eigenvalue weighted by Gasteiger charge is 2.20. The smallest absolute Gasteiger partial charge is 0.179 e. The molecule has 0 amide bonds. The Balaban J connectivity index is 2.31. The van der Waals surface area contributed by atoms with E-state index in [0.717, 1.165) is 12.0 Å². The fourth-order valence-corrected chi connectivity index (χ4v) is 2.31. The zero-order valence-corrected chi connectivity index (χ0v) is 12.1. The molecule has 1 atom stereocenters. The zero-order valence-electron chi connectivity index (χ0n) is 11.3. The first kappa shape index (κ1) is 14.4. The Bertz CT molecular complexity index is 437. The second-order valence-electron chi connectivity index (χ2n) is 4.79. The Labute approximate surface area is 118 Å². The lowest BCUT2D eigenvalue weighted by Gasteiger charge is -2.21. The number of halogens is 1. The van der Waals surface area contributed by atoms with Crippen molar-refractivity contribution >= 4 is 11.6 Å². The van der Waals surface area contributed by atoms with Gasteiger partial charge >= 0.3 is 0 Å². The lowest BCUT2D eigenvalue weighted by atomic mass is 10.1. The summed E-state index contributed by atoms with van der Waals surface area (Å²) < 4.78 is 17.0. The van der Waals surface area contributed by atoms with Gasteiger partial charge < -0.3 is 19.9 Å². The highest BCUT2D eigenvalue weighted by atomic mass is 35.5. The van der Waals surface area contributed by atoms with Crippen molar-refractivity contribution in [2.24, 2.45) is 5.73 Å². The molecule has 5 heteroatoms. The molecule has 2 rings (SSSR count). The van der Waals surface area contributed by atoms with Crippen molar-refractivity contribution in [3.63, 3.8) is 0 Å². The summed E-state index contributed by atoms with van der Waals surface area (Å²) in [5.41, 5.74) is 6.69. The van der Waals surface area contributed by atoms with Gasteiger partial charge in [-0.15, -0.1) is 0 Å². The Morgan fingerprint density at radius 2 is 2.05 bits per heavy atom. The van der Waals surface area contributed by atoms with Crippen LogP contribution in [-0.4, -0.2) is 25.9 Å². The molecule has 106 valence electrons. The van der Waals surface area contributed by atoms with Gasteiger partial charge in [-0.3, -0.25) is 0 Å². The monoisotopic (exact) mass is 285 g/mol. The van der Waals surface area contributed by atoms with E-state index in [1.54, 1.807) is 0 Å². The largest absolute Gasteiger partial charge is 0.489 e. The van der Waals surface area contributed by atoms with E-state index >= 15 is 0 Å². The van der Waals surface area contributed by atoms with Crippen LogP contribution in [-0.2, 0) is 4.74 Å². The summed E-state index contributed by atoms with van der Waals surface area (Å²) in [6, 6.07) is 3.75. The fraction of sp³-hybridized carbons (Fsp3) is 0.571. The van der Waals surface area contributed by atoms with Crippen LogP contribution in [0.3, 0.4) is 0 Å². The van der Waals surface area contributed by atoms with Gasteiger partial charge in [0.05, 0.1) is 30.4 Å². The predicted octanol–water partition coefficient (Wildman–Crippen LogP) is 2.93. The molecular weight excluding hydrogens is 266 g/mol. The van der Waals surface area contributed by atoms with Crippen molar-refractivity contribution < 1.29 is 14.2 Å². The summed E-state index contributed by atoms with van der Waals surface area (Å²) in [7, 11) is 0. The van der Waals surface area contributed by atoms with Crippen molar-refractivity contribution in [3.05, 3.63) is 22.7 Å². The van der Waals surface area contributed by atoms with Crippen molar-refractivity contribution in [1.82, 2.24) is 0 Å². The van der Waals surface area contributed by atoms with Gasteiger partial charge in [0, 0.05) is 13.0 Å². The van der Waals surface area contributed by atoms with Crippen molar-refractivity contribution in [1.29, 1.82) is 0 Å². The maximum atomic E-state index is 6.26. The summed E-state index contributed by atoms with van der Waals surface area (Å²) >= 11 is 6.26. The third-order valence-corrected chi connectivity index (χ3v) is 3.13. The molecule has 2 N–H and O–H groups in total. The Morgan fingerprint density at radius 3 is 2.74 bits per heavy atom. The molecule has 0 fully saturated rings. The summed E-state index contributed by atoms with van der Waals surface area (Å²) in [6.45, 7) is 5.61. The summed E-state index contributed by atoms with van der Waals surface area (Å²) in [5, 5.41) is 0.542. The van der Waals surface area contributed by atoms with E-state index in [2.05, 4.69) is 0 Å². The first-order valence-corrected chi connectivity index (χ1v) is 6.94. The summed E-state index contributed by atoms with van der Waals surface area (Å²) in [5.74, 6) is 1.29. The van der Waals surface area contributed by atoms with Crippen molar-refractivity contribution in [2.45, 2.75) is 32.5 Å². The van der Waals surface area contributed by atoms with Crippen LogP contribution in [0.4, 0.5) is 0 Å². The maximum absolute atomic E-state index is 6.26. The van der Waals surface area contributed by atoms with Gasteiger partial charge in [0.2, 0.25) is 0 Å². The molecule has 1 aliphatic heterocycles. The number of ether oxygens (including phenoxy) is 3. The predicted molar refractivity (Wildman–Crippen MR) is 75.1 cm³/mol. The minimum absolute atomic E-state index is 0.100. The van der Waals surface area contributed by atoms with Crippen LogP contribution >= 0.6 is 11.6 Å². The van der Waals surface area contributed by atoms with Gasteiger partial charge in [-0.2, -0.15) is 0 Å². The number of fused-ring (bicyclic) bond motifs is 1. The number of hydrogen-bond donors (Lipinski definition) is 1. The second-order valence-corrected chi connectivity index (χ2v) is 5.20. The third kappa shape index (κ3) is 3.53. The van der Waals surface area contributed by atoms with Crippen LogP contribution in [0.1, 0.15) is 31.9 Å². The molecule has 4 nitrogen and oxygen atoms in total. The number of nitrogens with two attached hydrogens (primary N) is 1. The van der Waals surface area contributed by atoms with Crippen molar-refractivity contribution in [3.8, 4) is 11.5 Å². The molecule has 1 unspecified atom stereocenters. The van der Waals surface area contributed by atoms with Gasteiger partial charge in [-0.05, 0) is 31.5 Å². The average molecular weight is 286 g/mol. The van der Waals surface area contributed by atoms with Crippen molar-refractivity contribution in [2.75, 3.05) is 19.8 Å². The molecule has 19 heavy (non-hydrogen) atoms. The summed E-state index contributed by atoms with van der Waals surface area (Å²) in [4.78, 5) is 0. The van der Waals surface area contributed by atoms with E-state index in [4.69, 9.17) is 31.5 Å². The number of benzene rings is 1. The van der Waals surface area contributed by atoms with Crippen LogP contribution < -0.4 is 15.2 Å². The van der Waals surface area contributed by atoms with E-state index in [9.17, 15) is 0 Å². The van der Waals surface area contributed by atoms with Crippen LogP contribution in [0.15, 0.2) is 12.1 Å². The van der Waals surface area contributed by atoms with E-state index < -0.39 is 0 Å². The Hall–Kier alpha value is -0.970. The maximum Gasteiger partial charge on any atom is 0.179 e. The standard InChI is InChI=1S/C14H20ClNO3/c1-9(2)19-13(8-16)10-6-11(15)14-12(7-10)17-4-3-5-18-14/h6-7,9,13H,3-5,8,16H2,1-2H3. The summed E-state index contributed by atoms with van der Waals surface area (Å²) in [6.07, 6.45) is 0.765. The van der Waals surface area contributed by atoms with Gasteiger partial charge in [0.1, 0.15) is 0 Å².